The van der Waals surface area contributed by atoms with Gasteiger partial charge in [-0.15, -0.1) is 22.6 Å². The fraction of sp³-hybridized carbons (Fsp3) is 0.417. The highest BCUT2D eigenvalue weighted by molar-refractivity contribution is 5.97. The number of hydrogen-bond acceptors (Lipinski definition) is 11. The summed E-state index contributed by atoms with van der Waals surface area (Å²) in [7, 11) is 4.92. The topological polar surface area (TPSA) is 135 Å². The number of benzene rings is 2. The Bertz CT molecular complexity index is 1740. The molecule has 12 nitrogen and oxygen atoms in total. The van der Waals surface area contributed by atoms with Crippen molar-refractivity contribution in [3.05, 3.63) is 78.0 Å². The molecule has 0 spiro atoms. The van der Waals surface area contributed by atoms with E-state index in [1.54, 1.807) is 18.1 Å². The van der Waals surface area contributed by atoms with E-state index in [1.165, 1.54) is 37.8 Å². The summed E-state index contributed by atoms with van der Waals surface area (Å²) in [6.45, 7) is 8.27. The molecule has 0 radical (unpaired) electrons. The average Bonchev–Trinajstić information content (AvgIpc) is 3.47. The molecule has 1 fully saturated rings. The van der Waals surface area contributed by atoms with Crippen LogP contribution in [0.4, 0.5) is 10.2 Å². The number of nitrogens with one attached hydrogen (secondary N) is 1. The molecule has 268 valence electrons. The molecule has 1 saturated carbocycles. The largest absolute Gasteiger partial charge is 0.491 e. The van der Waals surface area contributed by atoms with Gasteiger partial charge in [-0.3, -0.25) is 4.79 Å². The molecule has 2 aromatic heterocycles. The first-order chi connectivity index (χ1) is 23.5. The standard InChI is InChI=1S/C36H44FN7O5.ClH/c1-21(2)44(22(3)4)36(46)27-14-25(37)12-13-31(27)49-33-19-38-20-40-34(33)43(5)29-15-26(16-30(29)45)39-18-23-8-10-24(11-9-23)28-17-32(47-6)35(48-7)42-41-28;/h8-14,17,19-22,26,29-30,39,45H,15-16,18H2,1-7H3;1H/t26-,29+,30-;/m1./s1. The minimum absolute atomic E-state index is 0. The number of carbonyl (C=O) groups is 1. The molecule has 50 heavy (non-hydrogen) atoms. The first-order valence-corrected chi connectivity index (χ1v) is 16.3. The molecular weight excluding hydrogens is 665 g/mol. The predicted molar refractivity (Wildman–Crippen MR) is 191 cm³/mol. The Hall–Kier alpha value is -4.59. The molecular formula is C36H45ClFN7O5. The summed E-state index contributed by atoms with van der Waals surface area (Å²) in [4.78, 5) is 25.8. The van der Waals surface area contributed by atoms with E-state index in [2.05, 4.69) is 25.5 Å². The van der Waals surface area contributed by atoms with Gasteiger partial charge in [0.1, 0.15) is 17.9 Å². The lowest BCUT2D eigenvalue weighted by molar-refractivity contribution is 0.0640. The Kier molecular flexibility index (Phi) is 12.9. The van der Waals surface area contributed by atoms with E-state index in [9.17, 15) is 14.3 Å². The second-order valence-electron chi connectivity index (χ2n) is 12.7. The van der Waals surface area contributed by atoms with Gasteiger partial charge in [0, 0.05) is 43.3 Å². The van der Waals surface area contributed by atoms with Crippen molar-refractivity contribution in [2.24, 2.45) is 0 Å². The summed E-state index contributed by atoms with van der Waals surface area (Å²) in [6.07, 6.45) is 3.48. The first kappa shape index (κ1) is 38.2. The predicted octanol–water partition coefficient (Wildman–Crippen LogP) is 5.68. The summed E-state index contributed by atoms with van der Waals surface area (Å²) in [6, 6.07) is 13.2. The number of amides is 1. The maximum Gasteiger partial charge on any atom is 0.276 e. The number of aliphatic hydroxyl groups is 1. The molecule has 2 aromatic carbocycles. The lowest BCUT2D eigenvalue weighted by atomic mass is 10.1. The molecule has 3 atom stereocenters. The van der Waals surface area contributed by atoms with Gasteiger partial charge in [-0.05, 0) is 64.3 Å². The minimum Gasteiger partial charge on any atom is -0.491 e. The smallest absolute Gasteiger partial charge is 0.276 e. The minimum atomic E-state index is -0.634. The van der Waals surface area contributed by atoms with Crippen molar-refractivity contribution in [3.8, 4) is 34.4 Å². The molecule has 0 saturated heterocycles. The van der Waals surface area contributed by atoms with Crippen LogP contribution in [0.25, 0.3) is 11.3 Å². The van der Waals surface area contributed by atoms with Crippen LogP contribution < -0.4 is 24.4 Å². The monoisotopic (exact) mass is 709 g/mol. The molecule has 2 N–H and O–H groups in total. The van der Waals surface area contributed by atoms with Crippen LogP contribution in [-0.4, -0.2) is 87.6 Å². The third kappa shape index (κ3) is 8.58. The number of aliphatic hydroxyl groups excluding tert-OH is 1. The molecule has 14 heteroatoms. The van der Waals surface area contributed by atoms with Gasteiger partial charge in [0.25, 0.3) is 11.8 Å². The van der Waals surface area contributed by atoms with Crippen LogP contribution in [0, 0.1) is 5.82 Å². The molecule has 4 aromatic rings. The second kappa shape index (κ2) is 16.9. The zero-order valence-corrected chi connectivity index (χ0v) is 30.1. The summed E-state index contributed by atoms with van der Waals surface area (Å²) in [5.74, 6) is 0.879. The van der Waals surface area contributed by atoms with Crippen molar-refractivity contribution in [1.29, 1.82) is 0 Å². The van der Waals surface area contributed by atoms with E-state index >= 15 is 0 Å². The second-order valence-corrected chi connectivity index (χ2v) is 12.7. The Morgan fingerprint density at radius 3 is 2.36 bits per heavy atom. The van der Waals surface area contributed by atoms with Crippen LogP contribution in [-0.2, 0) is 6.54 Å². The van der Waals surface area contributed by atoms with Crippen LogP contribution in [0.2, 0.25) is 0 Å². The number of likely N-dealkylation sites (N-methyl/N-ethyl adjacent to an activating group) is 1. The Labute approximate surface area is 298 Å². The van der Waals surface area contributed by atoms with Crippen molar-refractivity contribution < 1.29 is 28.5 Å². The van der Waals surface area contributed by atoms with Crippen molar-refractivity contribution >= 4 is 24.1 Å². The highest BCUT2D eigenvalue weighted by Gasteiger charge is 2.37. The summed E-state index contributed by atoms with van der Waals surface area (Å²) in [5, 5.41) is 23.0. The maximum atomic E-state index is 14.4. The maximum absolute atomic E-state index is 14.4. The van der Waals surface area contributed by atoms with E-state index in [-0.39, 0.29) is 59.5 Å². The lowest BCUT2D eigenvalue weighted by Crippen LogP contribution is -2.42. The molecule has 1 aliphatic rings. The number of anilines is 1. The molecule has 2 heterocycles. The van der Waals surface area contributed by atoms with Crippen LogP contribution in [0.15, 0.2) is 61.1 Å². The Morgan fingerprint density at radius 2 is 1.70 bits per heavy atom. The highest BCUT2D eigenvalue weighted by Crippen LogP contribution is 2.36. The summed E-state index contributed by atoms with van der Waals surface area (Å²) in [5.41, 5.74) is 2.75. The van der Waals surface area contributed by atoms with Gasteiger partial charge in [-0.2, -0.15) is 0 Å². The number of methoxy groups -OCH3 is 2. The number of halogens is 2. The quantitative estimate of drug-likeness (QED) is 0.178. The number of aromatic nitrogens is 4. The third-order valence-electron chi connectivity index (χ3n) is 8.71. The fourth-order valence-corrected chi connectivity index (χ4v) is 6.31. The van der Waals surface area contributed by atoms with E-state index < -0.39 is 11.9 Å². The number of nitrogens with zero attached hydrogens (tertiary/aromatic N) is 6. The van der Waals surface area contributed by atoms with Crippen LogP contribution >= 0.6 is 12.4 Å². The van der Waals surface area contributed by atoms with Crippen LogP contribution in [0.5, 0.6) is 23.1 Å². The molecule has 1 aliphatic carbocycles. The number of carbonyl (C=O) groups excluding carboxylic acids is 1. The number of rotatable bonds is 13. The van der Waals surface area contributed by atoms with E-state index in [1.807, 2.05) is 63.9 Å². The number of hydrogen-bond donors (Lipinski definition) is 2. The summed E-state index contributed by atoms with van der Waals surface area (Å²) < 4.78 is 31.2. The molecule has 5 rings (SSSR count). The molecule has 0 aliphatic heterocycles. The van der Waals surface area contributed by atoms with Gasteiger partial charge >= 0.3 is 0 Å². The van der Waals surface area contributed by atoms with Gasteiger partial charge < -0.3 is 34.4 Å². The highest BCUT2D eigenvalue weighted by atomic mass is 35.5. The van der Waals surface area contributed by atoms with E-state index in [0.29, 0.717) is 42.5 Å². The van der Waals surface area contributed by atoms with Crippen molar-refractivity contribution in [2.75, 3.05) is 26.2 Å². The van der Waals surface area contributed by atoms with E-state index in [4.69, 9.17) is 14.2 Å². The van der Waals surface area contributed by atoms with E-state index in [0.717, 1.165) is 11.1 Å². The zero-order chi connectivity index (χ0) is 35.2. The average molecular weight is 710 g/mol. The van der Waals surface area contributed by atoms with Gasteiger partial charge in [0.15, 0.2) is 17.3 Å². The molecule has 0 unspecified atom stereocenters. The fourth-order valence-electron chi connectivity index (χ4n) is 6.31. The van der Waals surface area contributed by atoms with Crippen molar-refractivity contribution in [3.63, 3.8) is 0 Å². The van der Waals surface area contributed by atoms with Crippen molar-refractivity contribution in [2.45, 2.75) is 77.4 Å². The Balaban J connectivity index is 0.00000562. The SMILES string of the molecule is COc1cc(-c2ccc(CN[C@H]3C[C@@H](O)[C@@H](N(C)c4ncncc4Oc4ccc(F)cc4C(=O)N(C(C)C)C(C)C)C3)cc2)nnc1OC.Cl. The van der Waals surface area contributed by atoms with Gasteiger partial charge in [-0.1, -0.05) is 24.3 Å². The zero-order valence-electron chi connectivity index (χ0n) is 29.3. The van der Waals surface area contributed by atoms with Crippen LogP contribution in [0.3, 0.4) is 0 Å². The molecule has 1 amide bonds. The Morgan fingerprint density at radius 1 is 0.980 bits per heavy atom. The lowest BCUT2D eigenvalue weighted by Gasteiger charge is -2.31. The van der Waals surface area contributed by atoms with Crippen LogP contribution in [0.1, 0.15) is 56.5 Å². The summed E-state index contributed by atoms with van der Waals surface area (Å²) >= 11 is 0. The first-order valence-electron chi connectivity index (χ1n) is 16.3. The van der Waals surface area contributed by atoms with Crippen molar-refractivity contribution in [1.82, 2.24) is 30.4 Å². The number of ether oxygens (including phenoxy) is 3. The normalized spacial score (nSPS) is 17.0. The van der Waals surface area contributed by atoms with Gasteiger partial charge in [-0.25, -0.2) is 14.4 Å². The van der Waals surface area contributed by atoms with Gasteiger partial charge in [0.05, 0.1) is 43.8 Å². The van der Waals surface area contributed by atoms with Gasteiger partial charge in [0.2, 0.25) is 0 Å². The third-order valence-corrected chi connectivity index (χ3v) is 8.71. The molecule has 0 bridgehead atoms.